The van der Waals surface area contributed by atoms with Gasteiger partial charge in [0, 0.05) is 17.8 Å². The number of nitrogens with zero attached hydrogens (tertiary/aromatic N) is 1. The summed E-state index contributed by atoms with van der Waals surface area (Å²) in [5.74, 6) is -0.560. The van der Waals surface area contributed by atoms with Crippen LogP contribution in [-0.4, -0.2) is 23.3 Å². The molecule has 1 N–H and O–H groups in total. The Bertz CT molecular complexity index is 1030. The number of hydrogen-bond acceptors (Lipinski definition) is 3. The Morgan fingerprint density at radius 3 is 2.66 bits per heavy atom. The molecule has 148 valence electrons. The van der Waals surface area contributed by atoms with E-state index in [1.807, 2.05) is 17.9 Å². The zero-order valence-corrected chi connectivity index (χ0v) is 16.0. The Hall–Kier alpha value is -3.41. The van der Waals surface area contributed by atoms with Gasteiger partial charge in [0.1, 0.15) is 5.82 Å². The number of amides is 2. The normalized spacial score (nSPS) is 16.1. The summed E-state index contributed by atoms with van der Waals surface area (Å²) in [6, 6.07) is 14.7. The number of carbonyl (C=O) groups is 2. The Labute approximate surface area is 168 Å². The smallest absolute Gasteiger partial charge is 0.291 e. The van der Waals surface area contributed by atoms with Crippen molar-refractivity contribution in [3.63, 3.8) is 0 Å². The van der Waals surface area contributed by atoms with Gasteiger partial charge in [-0.15, -0.1) is 0 Å². The topological polar surface area (TPSA) is 62.6 Å². The maximum absolute atomic E-state index is 13.3. The van der Waals surface area contributed by atoms with Crippen molar-refractivity contribution in [2.45, 2.75) is 25.8 Å². The Kier molecular flexibility index (Phi) is 5.16. The van der Waals surface area contributed by atoms with Crippen molar-refractivity contribution in [1.82, 2.24) is 4.90 Å². The molecule has 2 aromatic carbocycles. The summed E-state index contributed by atoms with van der Waals surface area (Å²) in [5, 5.41) is 2.80. The molecule has 4 rings (SSSR count). The summed E-state index contributed by atoms with van der Waals surface area (Å²) in [6.45, 7) is 2.51. The first-order chi connectivity index (χ1) is 14.0. The minimum absolute atomic E-state index is 0.0782. The minimum Gasteiger partial charge on any atom is -0.459 e. The van der Waals surface area contributed by atoms with E-state index >= 15 is 0 Å². The molecule has 0 radical (unpaired) electrons. The van der Waals surface area contributed by atoms with E-state index in [1.54, 1.807) is 36.4 Å². The summed E-state index contributed by atoms with van der Waals surface area (Å²) in [5.41, 5.74) is 2.84. The lowest BCUT2D eigenvalue weighted by Gasteiger charge is -2.25. The van der Waals surface area contributed by atoms with Gasteiger partial charge in [-0.05, 0) is 67.3 Å². The molecule has 1 atom stereocenters. The highest BCUT2D eigenvalue weighted by molar-refractivity contribution is 6.04. The summed E-state index contributed by atoms with van der Waals surface area (Å²) < 4.78 is 18.4. The van der Waals surface area contributed by atoms with E-state index in [4.69, 9.17) is 4.42 Å². The molecular weight excluding hydrogens is 371 g/mol. The molecule has 29 heavy (non-hydrogen) atoms. The van der Waals surface area contributed by atoms with Crippen LogP contribution in [0.3, 0.4) is 0 Å². The second-order valence-electron chi connectivity index (χ2n) is 7.17. The summed E-state index contributed by atoms with van der Waals surface area (Å²) in [7, 11) is 0. The molecule has 1 fully saturated rings. The van der Waals surface area contributed by atoms with Crippen LogP contribution in [0, 0.1) is 12.7 Å². The van der Waals surface area contributed by atoms with Gasteiger partial charge >= 0.3 is 0 Å². The SMILES string of the molecule is Cc1ccc(C(=O)N2CCCC2c2ccc(F)cc2)cc1NC(=O)c1ccco1. The van der Waals surface area contributed by atoms with Crippen LogP contribution >= 0.6 is 0 Å². The average molecular weight is 392 g/mol. The molecule has 3 aromatic rings. The fraction of sp³-hybridized carbons (Fsp3) is 0.217. The van der Waals surface area contributed by atoms with Crippen molar-refractivity contribution in [2.24, 2.45) is 0 Å². The maximum atomic E-state index is 13.3. The van der Waals surface area contributed by atoms with Gasteiger partial charge in [-0.2, -0.15) is 0 Å². The third-order valence-electron chi connectivity index (χ3n) is 5.25. The van der Waals surface area contributed by atoms with Crippen molar-refractivity contribution < 1.29 is 18.4 Å². The van der Waals surface area contributed by atoms with E-state index in [0.29, 0.717) is 17.8 Å². The van der Waals surface area contributed by atoms with Crippen LogP contribution in [0.5, 0.6) is 0 Å². The molecule has 1 unspecified atom stereocenters. The second-order valence-corrected chi connectivity index (χ2v) is 7.17. The second kappa shape index (κ2) is 7.91. The fourth-order valence-corrected chi connectivity index (χ4v) is 3.69. The van der Waals surface area contributed by atoms with Gasteiger partial charge in [0.2, 0.25) is 0 Å². The number of aryl methyl sites for hydroxylation is 1. The molecule has 0 bridgehead atoms. The summed E-state index contributed by atoms with van der Waals surface area (Å²) in [6.07, 6.45) is 3.16. The van der Waals surface area contributed by atoms with E-state index in [2.05, 4.69) is 5.32 Å². The fourth-order valence-electron chi connectivity index (χ4n) is 3.69. The molecule has 1 aliphatic rings. The molecule has 0 spiro atoms. The number of carbonyl (C=O) groups excluding carboxylic acids is 2. The van der Waals surface area contributed by atoms with Crippen LogP contribution in [0.15, 0.2) is 65.3 Å². The number of benzene rings is 2. The molecule has 2 heterocycles. The molecule has 1 aromatic heterocycles. The molecule has 1 saturated heterocycles. The maximum Gasteiger partial charge on any atom is 0.291 e. The van der Waals surface area contributed by atoms with Crippen LogP contribution in [0.4, 0.5) is 10.1 Å². The minimum atomic E-state index is -0.368. The number of halogens is 1. The van der Waals surface area contributed by atoms with Crippen LogP contribution < -0.4 is 5.32 Å². The molecule has 2 amide bonds. The average Bonchev–Trinajstić information content (AvgIpc) is 3.42. The third-order valence-corrected chi connectivity index (χ3v) is 5.25. The Balaban J connectivity index is 1.56. The molecule has 6 heteroatoms. The van der Waals surface area contributed by atoms with E-state index in [-0.39, 0.29) is 29.4 Å². The van der Waals surface area contributed by atoms with E-state index in [0.717, 1.165) is 24.0 Å². The lowest BCUT2D eigenvalue weighted by atomic mass is 10.0. The molecule has 1 aliphatic heterocycles. The van der Waals surface area contributed by atoms with Crippen molar-refractivity contribution in [3.05, 3.63) is 89.1 Å². The lowest BCUT2D eigenvalue weighted by Crippen LogP contribution is -2.30. The van der Waals surface area contributed by atoms with E-state index in [1.165, 1.54) is 18.4 Å². The van der Waals surface area contributed by atoms with Gasteiger partial charge in [0.15, 0.2) is 5.76 Å². The van der Waals surface area contributed by atoms with Crippen LogP contribution in [0.2, 0.25) is 0 Å². The highest BCUT2D eigenvalue weighted by atomic mass is 19.1. The zero-order valence-electron chi connectivity index (χ0n) is 16.0. The number of furan rings is 1. The van der Waals surface area contributed by atoms with Gasteiger partial charge in [0.25, 0.3) is 11.8 Å². The van der Waals surface area contributed by atoms with Crippen LogP contribution in [0.1, 0.15) is 50.9 Å². The largest absolute Gasteiger partial charge is 0.459 e. The molecule has 0 saturated carbocycles. The first kappa shape index (κ1) is 18.9. The number of hydrogen-bond donors (Lipinski definition) is 1. The van der Waals surface area contributed by atoms with Crippen molar-refractivity contribution in [3.8, 4) is 0 Å². The van der Waals surface area contributed by atoms with Gasteiger partial charge < -0.3 is 14.6 Å². The lowest BCUT2D eigenvalue weighted by molar-refractivity contribution is 0.0735. The third kappa shape index (κ3) is 3.92. The zero-order chi connectivity index (χ0) is 20.4. The standard InChI is InChI=1S/C23H21FN2O3/c1-15-6-7-17(14-19(15)25-22(27)21-5-3-13-29-21)23(28)26-12-2-4-20(26)16-8-10-18(24)11-9-16/h3,5-11,13-14,20H,2,4,12H2,1H3,(H,25,27). The van der Waals surface area contributed by atoms with Gasteiger partial charge in [-0.25, -0.2) is 4.39 Å². The van der Waals surface area contributed by atoms with Crippen LogP contribution in [-0.2, 0) is 0 Å². The summed E-state index contributed by atoms with van der Waals surface area (Å²) >= 11 is 0. The highest BCUT2D eigenvalue weighted by Gasteiger charge is 2.30. The van der Waals surface area contributed by atoms with Gasteiger partial charge in [-0.1, -0.05) is 18.2 Å². The van der Waals surface area contributed by atoms with Gasteiger partial charge in [-0.3, -0.25) is 9.59 Å². The van der Waals surface area contributed by atoms with Gasteiger partial charge in [0.05, 0.1) is 12.3 Å². The van der Waals surface area contributed by atoms with E-state index < -0.39 is 0 Å². The summed E-state index contributed by atoms with van der Waals surface area (Å²) in [4.78, 5) is 27.3. The Morgan fingerprint density at radius 1 is 1.14 bits per heavy atom. The quantitative estimate of drug-likeness (QED) is 0.683. The molecular formula is C23H21FN2O3. The molecule has 5 nitrogen and oxygen atoms in total. The van der Waals surface area contributed by atoms with Crippen molar-refractivity contribution >= 4 is 17.5 Å². The van der Waals surface area contributed by atoms with Crippen molar-refractivity contribution in [1.29, 1.82) is 0 Å². The number of anilines is 1. The molecule has 0 aliphatic carbocycles. The number of likely N-dealkylation sites (tertiary alicyclic amines) is 1. The van der Waals surface area contributed by atoms with Crippen LogP contribution in [0.25, 0.3) is 0 Å². The van der Waals surface area contributed by atoms with Crippen molar-refractivity contribution in [2.75, 3.05) is 11.9 Å². The first-order valence-corrected chi connectivity index (χ1v) is 9.55. The van der Waals surface area contributed by atoms with E-state index in [9.17, 15) is 14.0 Å². The predicted octanol–water partition coefficient (Wildman–Crippen LogP) is 4.96. The number of rotatable bonds is 4. The first-order valence-electron chi connectivity index (χ1n) is 9.55. The monoisotopic (exact) mass is 392 g/mol. The number of nitrogens with one attached hydrogen (secondary N) is 1. The predicted molar refractivity (Wildman–Crippen MR) is 107 cm³/mol. The highest BCUT2D eigenvalue weighted by Crippen LogP contribution is 2.33. The Morgan fingerprint density at radius 2 is 1.93 bits per heavy atom.